The molecule has 2 aromatic rings. The van der Waals surface area contributed by atoms with E-state index in [1.54, 1.807) is 43.5 Å². The number of hydrogen-bond donors (Lipinski definition) is 3. The molecule has 0 fully saturated rings. The standard InChI is InChI=1S/C22H26FN3O4/c1-15(27)26-20(17-6-8-19(30-2)9-7-17)14-22(29)25-11-10-24-21(28)13-16-4-3-5-18(23)12-16/h3-9,12,20H,10-11,13-14H2,1-2H3,(H,24,28)(H,25,29)(H,26,27). The molecular weight excluding hydrogens is 389 g/mol. The van der Waals surface area contributed by atoms with Crippen molar-refractivity contribution in [3.63, 3.8) is 0 Å². The molecule has 3 N–H and O–H groups in total. The van der Waals surface area contributed by atoms with Crippen LogP contribution in [-0.2, 0) is 20.8 Å². The maximum absolute atomic E-state index is 13.1. The molecule has 2 aromatic carbocycles. The lowest BCUT2D eigenvalue weighted by Crippen LogP contribution is -2.37. The van der Waals surface area contributed by atoms with Crippen molar-refractivity contribution in [2.45, 2.75) is 25.8 Å². The van der Waals surface area contributed by atoms with E-state index in [4.69, 9.17) is 4.74 Å². The molecule has 0 bridgehead atoms. The summed E-state index contributed by atoms with van der Waals surface area (Å²) in [6, 6.07) is 12.5. The van der Waals surface area contributed by atoms with Gasteiger partial charge in [-0.2, -0.15) is 0 Å². The number of ether oxygens (including phenoxy) is 1. The number of carbonyl (C=O) groups is 3. The van der Waals surface area contributed by atoms with Crippen molar-refractivity contribution in [1.82, 2.24) is 16.0 Å². The first-order valence-electron chi connectivity index (χ1n) is 9.56. The molecule has 1 unspecified atom stereocenters. The highest BCUT2D eigenvalue weighted by Crippen LogP contribution is 2.20. The second kappa shape index (κ2) is 11.5. The fourth-order valence-corrected chi connectivity index (χ4v) is 2.89. The molecule has 7 nitrogen and oxygen atoms in total. The molecular formula is C22H26FN3O4. The van der Waals surface area contributed by atoms with Crippen molar-refractivity contribution in [2.24, 2.45) is 0 Å². The molecule has 3 amide bonds. The molecule has 2 rings (SSSR count). The smallest absolute Gasteiger partial charge is 0.224 e. The van der Waals surface area contributed by atoms with E-state index in [0.717, 1.165) is 5.56 Å². The van der Waals surface area contributed by atoms with E-state index in [1.807, 2.05) is 0 Å². The van der Waals surface area contributed by atoms with Gasteiger partial charge in [-0.1, -0.05) is 24.3 Å². The summed E-state index contributed by atoms with van der Waals surface area (Å²) in [6.45, 7) is 1.87. The first-order valence-corrected chi connectivity index (χ1v) is 9.56. The van der Waals surface area contributed by atoms with Gasteiger partial charge in [0.1, 0.15) is 11.6 Å². The SMILES string of the molecule is COc1ccc(C(CC(=O)NCCNC(=O)Cc2cccc(F)c2)NC(C)=O)cc1. The molecule has 0 radical (unpaired) electrons. The van der Waals surface area contributed by atoms with Crippen molar-refractivity contribution < 1.29 is 23.5 Å². The fraction of sp³-hybridized carbons (Fsp3) is 0.318. The minimum absolute atomic E-state index is 0.0587. The van der Waals surface area contributed by atoms with Gasteiger partial charge in [-0.15, -0.1) is 0 Å². The number of benzene rings is 2. The Labute approximate surface area is 175 Å². The van der Waals surface area contributed by atoms with E-state index in [9.17, 15) is 18.8 Å². The van der Waals surface area contributed by atoms with Gasteiger partial charge in [0.15, 0.2) is 0 Å². The molecule has 0 spiro atoms. The molecule has 0 heterocycles. The van der Waals surface area contributed by atoms with E-state index in [-0.39, 0.29) is 43.7 Å². The average molecular weight is 415 g/mol. The van der Waals surface area contributed by atoms with E-state index in [1.165, 1.54) is 19.1 Å². The molecule has 0 saturated carbocycles. The Morgan fingerprint density at radius 3 is 2.27 bits per heavy atom. The van der Waals surface area contributed by atoms with Crippen LogP contribution in [0.4, 0.5) is 4.39 Å². The van der Waals surface area contributed by atoms with Crippen molar-refractivity contribution in [3.8, 4) is 5.75 Å². The summed E-state index contributed by atoms with van der Waals surface area (Å²) in [5, 5.41) is 8.16. The summed E-state index contributed by atoms with van der Waals surface area (Å²) in [6.07, 6.45) is 0.122. The Morgan fingerprint density at radius 2 is 1.67 bits per heavy atom. The highest BCUT2D eigenvalue weighted by atomic mass is 19.1. The molecule has 0 saturated heterocycles. The lowest BCUT2D eigenvalue weighted by molar-refractivity contribution is -0.124. The monoisotopic (exact) mass is 415 g/mol. The minimum atomic E-state index is -0.476. The lowest BCUT2D eigenvalue weighted by Gasteiger charge is -2.18. The van der Waals surface area contributed by atoms with Crippen LogP contribution in [0.2, 0.25) is 0 Å². The Hall–Kier alpha value is -3.42. The number of amides is 3. The quantitative estimate of drug-likeness (QED) is 0.516. The van der Waals surface area contributed by atoms with Crippen LogP contribution in [0.25, 0.3) is 0 Å². The maximum Gasteiger partial charge on any atom is 0.224 e. The highest BCUT2D eigenvalue weighted by molar-refractivity contribution is 5.80. The Balaban J connectivity index is 1.77. The van der Waals surface area contributed by atoms with Crippen LogP contribution in [0.15, 0.2) is 48.5 Å². The van der Waals surface area contributed by atoms with Gasteiger partial charge in [0, 0.05) is 20.0 Å². The van der Waals surface area contributed by atoms with Gasteiger partial charge in [-0.25, -0.2) is 4.39 Å². The first-order chi connectivity index (χ1) is 14.4. The van der Waals surface area contributed by atoms with Crippen LogP contribution >= 0.6 is 0 Å². The topological polar surface area (TPSA) is 96.5 Å². The molecule has 1 atom stereocenters. The van der Waals surface area contributed by atoms with Gasteiger partial charge in [0.25, 0.3) is 0 Å². The Morgan fingerprint density at radius 1 is 1.00 bits per heavy atom. The zero-order chi connectivity index (χ0) is 21.9. The lowest BCUT2D eigenvalue weighted by atomic mass is 10.0. The Bertz CT molecular complexity index is 871. The zero-order valence-electron chi connectivity index (χ0n) is 17.0. The summed E-state index contributed by atoms with van der Waals surface area (Å²) in [4.78, 5) is 35.7. The normalized spacial score (nSPS) is 11.3. The second-order valence-electron chi connectivity index (χ2n) is 6.74. The second-order valence-corrected chi connectivity index (χ2v) is 6.74. The van der Waals surface area contributed by atoms with Crippen LogP contribution in [0.5, 0.6) is 5.75 Å². The predicted molar refractivity (Wildman–Crippen MR) is 110 cm³/mol. The van der Waals surface area contributed by atoms with Crippen molar-refractivity contribution in [2.75, 3.05) is 20.2 Å². The van der Waals surface area contributed by atoms with E-state index < -0.39 is 11.9 Å². The number of halogens is 1. The van der Waals surface area contributed by atoms with E-state index in [0.29, 0.717) is 11.3 Å². The Kier molecular flexibility index (Phi) is 8.80. The summed E-state index contributed by atoms with van der Waals surface area (Å²) in [5.41, 5.74) is 1.36. The van der Waals surface area contributed by atoms with Gasteiger partial charge >= 0.3 is 0 Å². The van der Waals surface area contributed by atoms with Crippen molar-refractivity contribution in [3.05, 3.63) is 65.5 Å². The highest BCUT2D eigenvalue weighted by Gasteiger charge is 2.17. The number of carbonyl (C=O) groups excluding carboxylic acids is 3. The van der Waals surface area contributed by atoms with Gasteiger partial charge in [0.05, 0.1) is 26.0 Å². The van der Waals surface area contributed by atoms with Gasteiger partial charge < -0.3 is 20.7 Å². The van der Waals surface area contributed by atoms with Crippen LogP contribution in [0.1, 0.15) is 30.5 Å². The van der Waals surface area contributed by atoms with Gasteiger partial charge in [0.2, 0.25) is 17.7 Å². The number of hydrogen-bond acceptors (Lipinski definition) is 4. The van der Waals surface area contributed by atoms with E-state index >= 15 is 0 Å². The molecule has 160 valence electrons. The summed E-state index contributed by atoms with van der Waals surface area (Å²) in [5.74, 6) is -0.474. The molecule has 30 heavy (non-hydrogen) atoms. The summed E-state index contributed by atoms with van der Waals surface area (Å²) < 4.78 is 18.3. The van der Waals surface area contributed by atoms with Crippen molar-refractivity contribution in [1.29, 1.82) is 0 Å². The fourth-order valence-electron chi connectivity index (χ4n) is 2.89. The van der Waals surface area contributed by atoms with Crippen LogP contribution < -0.4 is 20.7 Å². The maximum atomic E-state index is 13.1. The first kappa shape index (κ1) is 22.9. The van der Waals surface area contributed by atoms with E-state index in [2.05, 4.69) is 16.0 Å². The molecule has 8 heteroatoms. The zero-order valence-corrected chi connectivity index (χ0v) is 17.0. The van der Waals surface area contributed by atoms with Crippen LogP contribution in [0, 0.1) is 5.82 Å². The number of methoxy groups -OCH3 is 1. The van der Waals surface area contributed by atoms with Crippen LogP contribution in [-0.4, -0.2) is 37.9 Å². The van der Waals surface area contributed by atoms with Crippen molar-refractivity contribution >= 4 is 17.7 Å². The predicted octanol–water partition coefficient (Wildman–Crippen LogP) is 1.88. The third kappa shape index (κ3) is 7.90. The average Bonchev–Trinajstić information content (AvgIpc) is 2.70. The molecule has 0 aliphatic heterocycles. The minimum Gasteiger partial charge on any atom is -0.497 e. The van der Waals surface area contributed by atoms with Crippen LogP contribution in [0.3, 0.4) is 0 Å². The molecule has 0 aliphatic rings. The third-order valence-corrected chi connectivity index (χ3v) is 4.31. The molecule has 0 aliphatic carbocycles. The van der Waals surface area contributed by atoms with Gasteiger partial charge in [-0.3, -0.25) is 14.4 Å². The number of rotatable bonds is 10. The largest absolute Gasteiger partial charge is 0.497 e. The van der Waals surface area contributed by atoms with Gasteiger partial charge in [-0.05, 0) is 35.4 Å². The summed E-state index contributed by atoms with van der Waals surface area (Å²) >= 11 is 0. The third-order valence-electron chi connectivity index (χ3n) is 4.31. The molecule has 0 aromatic heterocycles. The number of nitrogens with one attached hydrogen (secondary N) is 3. The summed E-state index contributed by atoms with van der Waals surface area (Å²) in [7, 11) is 1.56.